The SMILES string of the molecule is Cc1ccc(-c2ccc(-c3ccc(C)cc3)c3c2C=C(CC2CCCCCC2)C3)cc1. The van der Waals surface area contributed by atoms with Crippen LogP contribution in [-0.4, -0.2) is 0 Å². The molecule has 0 heterocycles. The Labute approximate surface area is 188 Å². The minimum absolute atomic E-state index is 0.883. The molecule has 0 aliphatic heterocycles. The molecule has 0 amide bonds. The van der Waals surface area contributed by atoms with E-state index in [0.717, 1.165) is 12.3 Å². The van der Waals surface area contributed by atoms with Gasteiger partial charge < -0.3 is 0 Å². The van der Waals surface area contributed by atoms with Crippen molar-refractivity contribution in [3.05, 3.63) is 88.5 Å². The van der Waals surface area contributed by atoms with Crippen molar-refractivity contribution in [3.63, 3.8) is 0 Å². The molecule has 3 aromatic carbocycles. The molecule has 158 valence electrons. The van der Waals surface area contributed by atoms with Crippen molar-refractivity contribution in [3.8, 4) is 22.3 Å². The third-order valence-corrected chi connectivity index (χ3v) is 7.36. The molecule has 0 bridgehead atoms. The maximum atomic E-state index is 2.55. The van der Waals surface area contributed by atoms with E-state index in [1.54, 1.807) is 5.57 Å². The molecule has 2 aliphatic carbocycles. The Balaban J connectivity index is 1.54. The van der Waals surface area contributed by atoms with Crippen molar-refractivity contribution in [2.24, 2.45) is 5.92 Å². The second-order valence-corrected chi connectivity index (χ2v) is 9.83. The first-order valence-corrected chi connectivity index (χ1v) is 12.2. The third-order valence-electron chi connectivity index (χ3n) is 7.36. The predicted octanol–water partition coefficient (Wildman–Crippen LogP) is 8.94. The molecule has 0 N–H and O–H groups in total. The molecule has 0 nitrogen and oxygen atoms in total. The molecule has 0 atom stereocenters. The summed E-state index contributed by atoms with van der Waals surface area (Å²) < 4.78 is 0. The largest absolute Gasteiger partial charge is 0.0649 e. The first kappa shape index (κ1) is 20.3. The summed E-state index contributed by atoms with van der Waals surface area (Å²) >= 11 is 0. The number of rotatable bonds is 4. The van der Waals surface area contributed by atoms with Crippen molar-refractivity contribution in [1.82, 2.24) is 0 Å². The van der Waals surface area contributed by atoms with Crippen LogP contribution in [0.1, 0.15) is 67.2 Å². The molecule has 3 aromatic rings. The molecule has 0 aromatic heterocycles. The number of benzene rings is 3. The highest BCUT2D eigenvalue weighted by Crippen LogP contribution is 2.42. The summed E-state index contributed by atoms with van der Waals surface area (Å²) in [6.45, 7) is 4.33. The summed E-state index contributed by atoms with van der Waals surface area (Å²) in [5.74, 6) is 0.883. The summed E-state index contributed by atoms with van der Waals surface area (Å²) in [6.07, 6.45) is 13.5. The van der Waals surface area contributed by atoms with E-state index >= 15 is 0 Å². The van der Waals surface area contributed by atoms with Gasteiger partial charge in [-0.05, 0) is 66.0 Å². The van der Waals surface area contributed by atoms with Crippen LogP contribution in [0, 0.1) is 19.8 Å². The fourth-order valence-electron chi connectivity index (χ4n) is 5.56. The zero-order valence-electron chi connectivity index (χ0n) is 19.1. The van der Waals surface area contributed by atoms with Crippen molar-refractivity contribution in [2.75, 3.05) is 0 Å². The van der Waals surface area contributed by atoms with Gasteiger partial charge in [-0.2, -0.15) is 0 Å². The van der Waals surface area contributed by atoms with Gasteiger partial charge in [0.05, 0.1) is 0 Å². The minimum atomic E-state index is 0.883. The maximum absolute atomic E-state index is 2.55. The number of allylic oxidation sites excluding steroid dienone is 1. The van der Waals surface area contributed by atoms with Crippen LogP contribution >= 0.6 is 0 Å². The molecule has 0 heteroatoms. The van der Waals surface area contributed by atoms with Crippen LogP contribution in [-0.2, 0) is 6.42 Å². The van der Waals surface area contributed by atoms with Gasteiger partial charge in [0.25, 0.3) is 0 Å². The van der Waals surface area contributed by atoms with Gasteiger partial charge in [-0.1, -0.05) is 122 Å². The molecular formula is C31H34. The Morgan fingerprint density at radius 1 is 0.645 bits per heavy atom. The van der Waals surface area contributed by atoms with Crippen LogP contribution in [0.2, 0.25) is 0 Å². The van der Waals surface area contributed by atoms with E-state index in [2.05, 4.69) is 80.6 Å². The smallest absolute Gasteiger partial charge is 0.00513 e. The van der Waals surface area contributed by atoms with Crippen LogP contribution in [0.25, 0.3) is 28.3 Å². The van der Waals surface area contributed by atoms with Crippen molar-refractivity contribution < 1.29 is 0 Å². The Kier molecular flexibility index (Phi) is 5.81. The monoisotopic (exact) mass is 406 g/mol. The van der Waals surface area contributed by atoms with Crippen LogP contribution < -0.4 is 0 Å². The maximum Gasteiger partial charge on any atom is -0.00513 e. The number of hydrogen-bond donors (Lipinski definition) is 0. The normalized spacial score (nSPS) is 16.6. The van der Waals surface area contributed by atoms with E-state index in [1.165, 1.54) is 89.5 Å². The third kappa shape index (κ3) is 4.40. The molecule has 0 saturated heterocycles. The summed E-state index contributed by atoms with van der Waals surface area (Å²) in [5.41, 5.74) is 12.8. The Morgan fingerprint density at radius 2 is 1.19 bits per heavy atom. The first-order valence-electron chi connectivity index (χ1n) is 12.2. The molecule has 0 unspecified atom stereocenters. The van der Waals surface area contributed by atoms with Crippen LogP contribution in [0.5, 0.6) is 0 Å². The van der Waals surface area contributed by atoms with Gasteiger partial charge >= 0.3 is 0 Å². The average molecular weight is 407 g/mol. The predicted molar refractivity (Wildman–Crippen MR) is 134 cm³/mol. The molecule has 1 fully saturated rings. The standard InChI is InChI=1S/C31H34/c1-22-9-13-26(14-10-22)28-17-18-29(27-15-11-23(2)12-16-27)31-21-25(20-30(28)31)19-24-7-5-3-4-6-8-24/h9-18,20,24H,3-8,19,21H2,1-2H3. The zero-order chi connectivity index (χ0) is 21.2. The number of hydrogen-bond acceptors (Lipinski definition) is 0. The van der Waals surface area contributed by atoms with Crippen molar-refractivity contribution in [1.29, 1.82) is 0 Å². The van der Waals surface area contributed by atoms with Crippen LogP contribution in [0.15, 0.2) is 66.2 Å². The summed E-state index contributed by atoms with van der Waals surface area (Å²) in [4.78, 5) is 0. The van der Waals surface area contributed by atoms with Gasteiger partial charge in [0.2, 0.25) is 0 Å². The van der Waals surface area contributed by atoms with Gasteiger partial charge in [-0.3, -0.25) is 0 Å². The first-order chi connectivity index (χ1) is 15.2. The van der Waals surface area contributed by atoms with E-state index in [4.69, 9.17) is 0 Å². The fourth-order valence-corrected chi connectivity index (χ4v) is 5.56. The van der Waals surface area contributed by atoms with E-state index in [-0.39, 0.29) is 0 Å². The van der Waals surface area contributed by atoms with Gasteiger partial charge in [-0.15, -0.1) is 0 Å². The van der Waals surface area contributed by atoms with E-state index in [9.17, 15) is 0 Å². The van der Waals surface area contributed by atoms with E-state index in [0.29, 0.717) is 0 Å². The summed E-state index contributed by atoms with van der Waals surface area (Å²) in [7, 11) is 0. The van der Waals surface area contributed by atoms with Gasteiger partial charge in [-0.25, -0.2) is 0 Å². The highest BCUT2D eigenvalue weighted by molar-refractivity contribution is 5.87. The Hall–Kier alpha value is -2.60. The lowest BCUT2D eigenvalue weighted by Gasteiger charge is -2.15. The number of fused-ring (bicyclic) bond motifs is 1. The lowest BCUT2D eigenvalue weighted by atomic mass is 9.89. The molecule has 0 radical (unpaired) electrons. The highest BCUT2D eigenvalue weighted by Gasteiger charge is 2.23. The van der Waals surface area contributed by atoms with E-state index < -0.39 is 0 Å². The minimum Gasteiger partial charge on any atom is -0.0649 e. The molecule has 1 saturated carbocycles. The Bertz CT molecular complexity index is 1070. The average Bonchev–Trinajstić information content (AvgIpc) is 3.03. The second kappa shape index (κ2) is 8.87. The quantitative estimate of drug-likeness (QED) is 0.379. The zero-order valence-corrected chi connectivity index (χ0v) is 19.1. The van der Waals surface area contributed by atoms with Crippen LogP contribution in [0.3, 0.4) is 0 Å². The molecule has 0 spiro atoms. The highest BCUT2D eigenvalue weighted by atomic mass is 14.3. The fraction of sp³-hybridized carbons (Fsp3) is 0.355. The Morgan fingerprint density at radius 3 is 1.81 bits per heavy atom. The van der Waals surface area contributed by atoms with Gasteiger partial charge in [0.1, 0.15) is 0 Å². The summed E-state index contributed by atoms with van der Waals surface area (Å²) in [5, 5.41) is 0. The topological polar surface area (TPSA) is 0 Å². The molecule has 5 rings (SSSR count). The van der Waals surface area contributed by atoms with Gasteiger partial charge in [0.15, 0.2) is 0 Å². The van der Waals surface area contributed by atoms with Crippen molar-refractivity contribution >= 4 is 6.08 Å². The second-order valence-electron chi connectivity index (χ2n) is 9.83. The molecule has 2 aliphatic rings. The molecular weight excluding hydrogens is 372 g/mol. The van der Waals surface area contributed by atoms with E-state index in [1.807, 2.05) is 0 Å². The lowest BCUT2D eigenvalue weighted by molar-refractivity contribution is 0.455. The number of aryl methyl sites for hydroxylation is 2. The lowest BCUT2D eigenvalue weighted by Crippen LogP contribution is -2.01. The summed E-state index contributed by atoms with van der Waals surface area (Å²) in [6, 6.07) is 22.8. The van der Waals surface area contributed by atoms with Gasteiger partial charge in [0, 0.05) is 0 Å². The van der Waals surface area contributed by atoms with Crippen molar-refractivity contribution in [2.45, 2.75) is 65.2 Å². The van der Waals surface area contributed by atoms with Crippen LogP contribution in [0.4, 0.5) is 0 Å². The molecule has 31 heavy (non-hydrogen) atoms.